The van der Waals surface area contributed by atoms with Gasteiger partial charge in [0, 0.05) is 25.7 Å². The Morgan fingerprint density at radius 2 is 2.47 bits per heavy atom. The molecule has 1 aromatic rings. The summed E-state index contributed by atoms with van der Waals surface area (Å²) < 4.78 is 1.97. The van der Waals surface area contributed by atoms with E-state index in [-0.39, 0.29) is 0 Å². The third-order valence-electron chi connectivity index (χ3n) is 2.81. The normalized spacial score (nSPS) is 22.0. The van der Waals surface area contributed by atoms with Crippen LogP contribution in [0.3, 0.4) is 0 Å². The molecule has 1 aromatic heterocycles. The van der Waals surface area contributed by atoms with Crippen molar-refractivity contribution >= 4 is 5.82 Å². The molecule has 5 heteroatoms. The lowest BCUT2D eigenvalue weighted by atomic mass is 10.1. The number of piperidine rings is 1. The van der Waals surface area contributed by atoms with Crippen LogP contribution < -0.4 is 10.6 Å². The molecule has 0 spiro atoms. The lowest BCUT2D eigenvalue weighted by Crippen LogP contribution is -2.43. The van der Waals surface area contributed by atoms with Gasteiger partial charge >= 0.3 is 0 Å². The smallest absolute Gasteiger partial charge is 0.147 e. The third-order valence-corrected chi connectivity index (χ3v) is 2.81. The van der Waals surface area contributed by atoms with E-state index in [9.17, 15) is 0 Å². The van der Waals surface area contributed by atoms with Gasteiger partial charge in [-0.25, -0.2) is 4.68 Å². The van der Waals surface area contributed by atoms with Crippen LogP contribution in [0, 0.1) is 0 Å². The summed E-state index contributed by atoms with van der Waals surface area (Å²) in [5.41, 5.74) is 5.96. The Kier molecular flexibility index (Phi) is 3.20. The monoisotopic (exact) mass is 209 g/mol. The second kappa shape index (κ2) is 4.61. The lowest BCUT2D eigenvalue weighted by Gasteiger charge is -2.32. The topological polar surface area (TPSA) is 60.0 Å². The van der Waals surface area contributed by atoms with Crippen LogP contribution in [-0.2, 0) is 6.54 Å². The molecule has 1 aliphatic rings. The van der Waals surface area contributed by atoms with Gasteiger partial charge in [0.25, 0.3) is 0 Å². The number of aromatic nitrogens is 3. The van der Waals surface area contributed by atoms with E-state index in [0.717, 1.165) is 38.3 Å². The molecule has 0 aliphatic carbocycles. The molecule has 2 rings (SSSR count). The SMILES string of the molecule is CCCn1nncc1N1CCCC(N)C1. The first-order valence-corrected chi connectivity index (χ1v) is 5.70. The van der Waals surface area contributed by atoms with Gasteiger partial charge in [-0.3, -0.25) is 0 Å². The minimum Gasteiger partial charge on any atom is -0.354 e. The van der Waals surface area contributed by atoms with E-state index in [1.54, 1.807) is 0 Å². The highest BCUT2D eigenvalue weighted by atomic mass is 15.5. The zero-order valence-electron chi connectivity index (χ0n) is 9.26. The first kappa shape index (κ1) is 10.4. The van der Waals surface area contributed by atoms with E-state index in [2.05, 4.69) is 22.1 Å². The molecule has 1 saturated heterocycles. The number of rotatable bonds is 3. The fraction of sp³-hybridized carbons (Fsp3) is 0.800. The molecule has 15 heavy (non-hydrogen) atoms. The Bertz CT molecular complexity index is 309. The molecule has 0 amide bonds. The van der Waals surface area contributed by atoms with Gasteiger partial charge in [-0.05, 0) is 19.3 Å². The fourth-order valence-corrected chi connectivity index (χ4v) is 2.09. The molecule has 1 atom stereocenters. The maximum absolute atomic E-state index is 5.96. The van der Waals surface area contributed by atoms with E-state index in [1.165, 1.54) is 6.42 Å². The molecule has 0 saturated carbocycles. The van der Waals surface area contributed by atoms with Crippen LogP contribution in [0.5, 0.6) is 0 Å². The molecule has 1 fully saturated rings. The van der Waals surface area contributed by atoms with Gasteiger partial charge in [0.1, 0.15) is 5.82 Å². The summed E-state index contributed by atoms with van der Waals surface area (Å²) in [7, 11) is 0. The molecule has 2 heterocycles. The molecule has 0 radical (unpaired) electrons. The van der Waals surface area contributed by atoms with Crippen LogP contribution in [0.1, 0.15) is 26.2 Å². The molecule has 0 aromatic carbocycles. The zero-order valence-corrected chi connectivity index (χ0v) is 9.26. The van der Waals surface area contributed by atoms with Crippen molar-refractivity contribution in [2.45, 2.75) is 38.8 Å². The summed E-state index contributed by atoms with van der Waals surface area (Å²) in [6, 6.07) is 0.295. The van der Waals surface area contributed by atoms with Crippen molar-refractivity contribution in [1.82, 2.24) is 15.0 Å². The first-order chi connectivity index (χ1) is 7.31. The molecule has 1 aliphatic heterocycles. The molecular formula is C10H19N5. The minimum atomic E-state index is 0.295. The van der Waals surface area contributed by atoms with E-state index >= 15 is 0 Å². The predicted molar refractivity (Wildman–Crippen MR) is 59.7 cm³/mol. The van der Waals surface area contributed by atoms with E-state index in [4.69, 9.17) is 5.73 Å². The Morgan fingerprint density at radius 1 is 1.60 bits per heavy atom. The van der Waals surface area contributed by atoms with Crippen LogP contribution in [0.4, 0.5) is 5.82 Å². The second-order valence-electron chi connectivity index (χ2n) is 4.16. The Morgan fingerprint density at radius 3 is 3.20 bits per heavy atom. The number of hydrogen-bond donors (Lipinski definition) is 1. The first-order valence-electron chi connectivity index (χ1n) is 5.70. The van der Waals surface area contributed by atoms with Crippen molar-refractivity contribution in [3.05, 3.63) is 6.20 Å². The number of hydrogen-bond acceptors (Lipinski definition) is 4. The minimum absolute atomic E-state index is 0.295. The molecule has 5 nitrogen and oxygen atoms in total. The van der Waals surface area contributed by atoms with Crippen molar-refractivity contribution in [1.29, 1.82) is 0 Å². The average Bonchev–Trinajstić information content (AvgIpc) is 2.66. The molecule has 84 valence electrons. The fourth-order valence-electron chi connectivity index (χ4n) is 2.09. The highest BCUT2D eigenvalue weighted by Gasteiger charge is 2.19. The van der Waals surface area contributed by atoms with Crippen molar-refractivity contribution in [3.63, 3.8) is 0 Å². The van der Waals surface area contributed by atoms with Gasteiger partial charge in [0.2, 0.25) is 0 Å². The van der Waals surface area contributed by atoms with Crippen molar-refractivity contribution in [2.24, 2.45) is 5.73 Å². The average molecular weight is 209 g/mol. The van der Waals surface area contributed by atoms with E-state index in [0.29, 0.717) is 6.04 Å². The van der Waals surface area contributed by atoms with Gasteiger partial charge in [0.05, 0.1) is 6.20 Å². The van der Waals surface area contributed by atoms with Gasteiger partial charge in [-0.1, -0.05) is 12.1 Å². The van der Waals surface area contributed by atoms with Crippen LogP contribution in [0.15, 0.2) is 6.20 Å². The van der Waals surface area contributed by atoms with E-state index in [1.807, 2.05) is 10.9 Å². The van der Waals surface area contributed by atoms with Crippen molar-refractivity contribution in [3.8, 4) is 0 Å². The third kappa shape index (κ3) is 2.28. The van der Waals surface area contributed by atoms with Crippen LogP contribution >= 0.6 is 0 Å². The summed E-state index contributed by atoms with van der Waals surface area (Å²) in [4.78, 5) is 2.30. The molecule has 0 bridgehead atoms. The maximum Gasteiger partial charge on any atom is 0.147 e. The molecular weight excluding hydrogens is 190 g/mol. The predicted octanol–water partition coefficient (Wildman–Crippen LogP) is 0.616. The number of anilines is 1. The van der Waals surface area contributed by atoms with Crippen molar-refractivity contribution in [2.75, 3.05) is 18.0 Å². The Hall–Kier alpha value is -1.10. The summed E-state index contributed by atoms with van der Waals surface area (Å²) in [6.07, 6.45) is 5.22. The van der Waals surface area contributed by atoms with Gasteiger partial charge in [0.15, 0.2) is 0 Å². The Labute approximate surface area is 90.2 Å². The quantitative estimate of drug-likeness (QED) is 0.792. The number of nitrogens with zero attached hydrogens (tertiary/aromatic N) is 4. The summed E-state index contributed by atoms with van der Waals surface area (Å²) in [6.45, 7) is 5.08. The zero-order chi connectivity index (χ0) is 10.7. The number of nitrogens with two attached hydrogens (primary N) is 1. The number of aryl methyl sites for hydroxylation is 1. The highest BCUT2D eigenvalue weighted by molar-refractivity contribution is 5.36. The lowest BCUT2D eigenvalue weighted by molar-refractivity contribution is 0.486. The standard InChI is InChI=1S/C10H19N5/c1-2-5-15-10(7-12-13-15)14-6-3-4-9(11)8-14/h7,9H,2-6,8,11H2,1H3. The van der Waals surface area contributed by atoms with Gasteiger partial charge in [-0.2, -0.15) is 0 Å². The summed E-state index contributed by atoms with van der Waals surface area (Å²) >= 11 is 0. The highest BCUT2D eigenvalue weighted by Crippen LogP contribution is 2.18. The summed E-state index contributed by atoms with van der Waals surface area (Å²) in [5, 5.41) is 8.06. The maximum atomic E-state index is 5.96. The van der Waals surface area contributed by atoms with Crippen LogP contribution in [0.2, 0.25) is 0 Å². The Balaban J connectivity index is 2.10. The molecule has 2 N–H and O–H groups in total. The summed E-state index contributed by atoms with van der Waals surface area (Å²) in [5.74, 6) is 1.12. The van der Waals surface area contributed by atoms with Gasteiger partial charge in [-0.15, -0.1) is 5.10 Å². The van der Waals surface area contributed by atoms with Crippen LogP contribution in [0.25, 0.3) is 0 Å². The van der Waals surface area contributed by atoms with E-state index < -0.39 is 0 Å². The van der Waals surface area contributed by atoms with Crippen molar-refractivity contribution < 1.29 is 0 Å². The largest absolute Gasteiger partial charge is 0.354 e. The molecule has 1 unspecified atom stereocenters. The van der Waals surface area contributed by atoms with Gasteiger partial charge < -0.3 is 10.6 Å². The second-order valence-corrected chi connectivity index (χ2v) is 4.16. The van der Waals surface area contributed by atoms with Crippen LogP contribution in [-0.4, -0.2) is 34.1 Å².